The number of hydrogen-bond donors (Lipinski definition) is 0. The molecule has 18 heavy (non-hydrogen) atoms. The fourth-order valence-electron chi connectivity index (χ4n) is 2.22. The third kappa shape index (κ3) is 5.27. The molecule has 1 heteroatoms. The maximum Gasteiger partial charge on any atom is 0 e. The first-order valence-corrected chi connectivity index (χ1v) is 6.70. The van der Waals surface area contributed by atoms with Crippen LogP contribution in [0, 0.1) is 20.8 Å². The normalized spacial score (nSPS) is 10.6. The Morgan fingerprint density at radius 3 is 1.78 bits per heavy atom. The summed E-state index contributed by atoms with van der Waals surface area (Å²) in [4.78, 5) is 0. The minimum Gasteiger partial charge on any atom is -0.333 e. The molecule has 0 nitrogen and oxygen atoms in total. The Hall–Kier alpha value is -0.0917. The molecule has 0 unspecified atom stereocenters. The molecule has 0 aromatic heterocycles. The van der Waals surface area contributed by atoms with Crippen LogP contribution in [0.1, 0.15) is 69.7 Å². The second-order valence-corrected chi connectivity index (χ2v) is 5.56. The van der Waals surface area contributed by atoms with Gasteiger partial charge in [0.15, 0.2) is 0 Å². The number of benzene rings is 1. The topological polar surface area (TPSA) is 0 Å². The largest absolute Gasteiger partial charge is 0.333 e. The van der Waals surface area contributed by atoms with Crippen LogP contribution < -0.4 is 0 Å². The van der Waals surface area contributed by atoms with Gasteiger partial charge in [0.05, 0.1) is 0 Å². The molecule has 1 aromatic rings. The van der Waals surface area contributed by atoms with Crippen molar-refractivity contribution in [3.05, 3.63) is 41.3 Å². The number of hydrogen-bond acceptors (Lipinski definition) is 0. The SMILES string of the molecule is CC.[CH2-]C(C)(C)c1cc(C(C)C)c(C)cc1C.[W]. The van der Waals surface area contributed by atoms with Crippen molar-refractivity contribution in [2.24, 2.45) is 0 Å². The van der Waals surface area contributed by atoms with E-state index in [4.69, 9.17) is 0 Å². The van der Waals surface area contributed by atoms with Crippen molar-refractivity contribution in [3.8, 4) is 0 Å². The van der Waals surface area contributed by atoms with E-state index >= 15 is 0 Å². The second-order valence-electron chi connectivity index (χ2n) is 5.56. The zero-order valence-electron chi connectivity index (χ0n) is 13.3. The van der Waals surface area contributed by atoms with Gasteiger partial charge in [-0.2, -0.15) is 0 Å². The van der Waals surface area contributed by atoms with E-state index in [1.807, 2.05) is 13.8 Å². The predicted octanol–water partition coefficient (Wildman–Crippen LogP) is 5.56. The smallest absolute Gasteiger partial charge is 0 e. The third-order valence-corrected chi connectivity index (χ3v) is 2.96. The van der Waals surface area contributed by atoms with E-state index in [9.17, 15) is 0 Å². The van der Waals surface area contributed by atoms with Gasteiger partial charge in [-0.25, -0.2) is 0 Å². The molecule has 0 fully saturated rings. The van der Waals surface area contributed by atoms with Crippen molar-refractivity contribution < 1.29 is 21.1 Å². The van der Waals surface area contributed by atoms with Gasteiger partial charge in [-0.1, -0.05) is 59.2 Å². The summed E-state index contributed by atoms with van der Waals surface area (Å²) in [5.41, 5.74) is 5.58. The van der Waals surface area contributed by atoms with Crippen LogP contribution in [0.2, 0.25) is 0 Å². The molecule has 0 heterocycles. The summed E-state index contributed by atoms with van der Waals surface area (Å²) in [5, 5.41) is 0. The van der Waals surface area contributed by atoms with E-state index in [0.29, 0.717) is 5.92 Å². The maximum absolute atomic E-state index is 4.23. The first-order chi connectivity index (χ1) is 7.73. The van der Waals surface area contributed by atoms with Crippen molar-refractivity contribution in [3.63, 3.8) is 0 Å². The van der Waals surface area contributed by atoms with Gasteiger partial charge in [0, 0.05) is 21.1 Å². The van der Waals surface area contributed by atoms with Crippen LogP contribution in [0.3, 0.4) is 0 Å². The van der Waals surface area contributed by atoms with E-state index in [-0.39, 0.29) is 26.5 Å². The Morgan fingerprint density at radius 2 is 1.44 bits per heavy atom. The van der Waals surface area contributed by atoms with Gasteiger partial charge in [0.1, 0.15) is 0 Å². The minimum absolute atomic E-state index is 0. The molecular formula is C17H29W-. The van der Waals surface area contributed by atoms with Crippen LogP contribution in [0.15, 0.2) is 12.1 Å². The summed E-state index contributed by atoms with van der Waals surface area (Å²) < 4.78 is 0. The molecule has 0 saturated carbocycles. The molecule has 0 spiro atoms. The van der Waals surface area contributed by atoms with Crippen molar-refractivity contribution in [1.29, 1.82) is 0 Å². The van der Waals surface area contributed by atoms with Crippen LogP contribution in [0.25, 0.3) is 0 Å². The van der Waals surface area contributed by atoms with Gasteiger partial charge in [-0.3, -0.25) is 0 Å². The molecule has 0 radical (unpaired) electrons. The summed E-state index contributed by atoms with van der Waals surface area (Å²) in [6.45, 7) is 21.5. The summed E-state index contributed by atoms with van der Waals surface area (Å²) in [6.07, 6.45) is 0. The van der Waals surface area contributed by atoms with Crippen molar-refractivity contribution in [1.82, 2.24) is 0 Å². The monoisotopic (exact) mass is 417 g/mol. The molecule has 0 amide bonds. The van der Waals surface area contributed by atoms with E-state index in [1.54, 1.807) is 0 Å². The van der Waals surface area contributed by atoms with Crippen LogP contribution in [-0.2, 0) is 26.5 Å². The van der Waals surface area contributed by atoms with Gasteiger partial charge in [-0.05, 0) is 36.5 Å². The summed E-state index contributed by atoms with van der Waals surface area (Å²) in [5.74, 6) is 0.590. The van der Waals surface area contributed by atoms with Gasteiger partial charge in [-0.15, -0.1) is 5.41 Å². The average molecular weight is 417 g/mol. The van der Waals surface area contributed by atoms with Crippen LogP contribution in [-0.4, -0.2) is 0 Å². The molecule has 0 saturated heterocycles. The molecule has 104 valence electrons. The zero-order chi connectivity index (χ0) is 13.8. The van der Waals surface area contributed by atoms with Crippen molar-refractivity contribution in [2.45, 2.75) is 66.7 Å². The van der Waals surface area contributed by atoms with Gasteiger partial charge >= 0.3 is 0 Å². The summed E-state index contributed by atoms with van der Waals surface area (Å²) in [7, 11) is 0. The maximum atomic E-state index is 4.23. The van der Waals surface area contributed by atoms with Gasteiger partial charge in [0.25, 0.3) is 0 Å². The molecule has 0 bridgehead atoms. The number of aryl methyl sites for hydroxylation is 2. The Morgan fingerprint density at radius 1 is 1.00 bits per heavy atom. The molecule has 0 N–H and O–H groups in total. The Labute approximate surface area is 129 Å². The fraction of sp³-hybridized carbons (Fsp3) is 0.588. The average Bonchev–Trinajstić information content (AvgIpc) is 2.17. The van der Waals surface area contributed by atoms with Crippen molar-refractivity contribution >= 4 is 0 Å². The minimum atomic E-state index is 0. The fourth-order valence-corrected chi connectivity index (χ4v) is 2.22. The van der Waals surface area contributed by atoms with E-state index in [2.05, 4.69) is 60.6 Å². The molecule has 0 aliphatic carbocycles. The molecule has 1 aromatic carbocycles. The van der Waals surface area contributed by atoms with E-state index in [1.165, 1.54) is 22.3 Å². The first kappa shape index (κ1) is 20.2. The van der Waals surface area contributed by atoms with E-state index in [0.717, 1.165) is 0 Å². The Bertz CT molecular complexity index is 357. The second kappa shape index (κ2) is 8.15. The standard InChI is InChI=1S/C15H23.C2H6.W/c1-10(2)13-9-14(15(5,6)7)12(4)8-11(13)3;1-2;/h8-10H,5H2,1-4,6-7H3;1-2H3;/q-1;;. The Balaban J connectivity index is 0. The molecular weight excluding hydrogens is 388 g/mol. The molecule has 1 rings (SSSR count). The van der Waals surface area contributed by atoms with Gasteiger partial charge in [0.2, 0.25) is 0 Å². The van der Waals surface area contributed by atoms with Crippen LogP contribution in [0.5, 0.6) is 0 Å². The predicted molar refractivity (Wildman–Crippen MR) is 79.7 cm³/mol. The van der Waals surface area contributed by atoms with Crippen molar-refractivity contribution in [2.75, 3.05) is 0 Å². The quantitative estimate of drug-likeness (QED) is 0.553. The summed E-state index contributed by atoms with van der Waals surface area (Å²) >= 11 is 0. The Kier molecular flexibility index (Phi) is 9.16. The van der Waals surface area contributed by atoms with Crippen LogP contribution >= 0.6 is 0 Å². The molecule has 0 atom stereocenters. The van der Waals surface area contributed by atoms with Gasteiger partial charge < -0.3 is 6.92 Å². The van der Waals surface area contributed by atoms with Crippen LogP contribution in [0.4, 0.5) is 0 Å². The molecule has 0 aliphatic rings. The third-order valence-electron chi connectivity index (χ3n) is 2.96. The summed E-state index contributed by atoms with van der Waals surface area (Å²) in [6, 6.07) is 4.62. The first-order valence-electron chi connectivity index (χ1n) is 6.70. The number of rotatable bonds is 2. The molecule has 0 aliphatic heterocycles. The van der Waals surface area contributed by atoms with E-state index < -0.39 is 0 Å². The zero-order valence-corrected chi connectivity index (χ0v) is 16.3.